The molecule has 0 N–H and O–H groups in total. The Morgan fingerprint density at radius 3 is 1.65 bits per heavy atom. The number of hydrogen-bond donors (Lipinski definition) is 0. The molecule has 1 aromatic rings. The van der Waals surface area contributed by atoms with Gasteiger partial charge in [-0.15, -0.1) is 0 Å². The minimum absolute atomic E-state index is 0.00752. The molecule has 0 spiro atoms. The maximum atomic E-state index is 15.4. The van der Waals surface area contributed by atoms with Gasteiger partial charge in [0.2, 0.25) is 0 Å². The van der Waals surface area contributed by atoms with Crippen molar-refractivity contribution < 1.29 is 22.5 Å². The van der Waals surface area contributed by atoms with E-state index in [-0.39, 0.29) is 56.1 Å². The Morgan fingerprint density at radius 2 is 1.19 bits per heavy atom. The van der Waals surface area contributed by atoms with E-state index in [0.717, 1.165) is 37.8 Å². The first-order valence-corrected chi connectivity index (χ1v) is 36.2. The molecular weight excluding hydrogens is 843 g/mol. The zero-order chi connectivity index (χ0) is 49.4. The Bertz CT molecular complexity index is 1620. The molecule has 0 aliphatic heterocycles. The van der Waals surface area contributed by atoms with Crippen molar-refractivity contribution >= 4 is 45.1 Å². The molecule has 0 radical (unpaired) electrons. The smallest absolute Gasteiger partial charge is 0.192 e. The van der Waals surface area contributed by atoms with E-state index in [9.17, 15) is 0 Å². The van der Waals surface area contributed by atoms with Crippen LogP contribution >= 0.6 is 0 Å². The van der Waals surface area contributed by atoms with Crippen molar-refractivity contribution in [2.24, 2.45) is 17.3 Å². The summed E-state index contributed by atoms with van der Waals surface area (Å²) in [6.45, 7) is 60.1. The Hall–Kier alpha value is -0.992. The highest BCUT2D eigenvalue weighted by Crippen LogP contribution is 2.46. The van der Waals surface area contributed by atoms with Crippen LogP contribution in [-0.4, -0.2) is 69.0 Å². The van der Waals surface area contributed by atoms with Gasteiger partial charge in [-0.2, -0.15) is 0 Å². The van der Waals surface area contributed by atoms with Gasteiger partial charge in [0.1, 0.15) is 5.78 Å². The van der Waals surface area contributed by atoms with Crippen LogP contribution in [0.15, 0.2) is 41.6 Å². The third-order valence-corrected chi connectivity index (χ3v) is 34.0. The third-order valence-electron chi connectivity index (χ3n) is 16.0. The summed E-state index contributed by atoms with van der Waals surface area (Å²) in [5.74, 6) is 0.237. The second kappa shape index (κ2) is 22.9. The van der Waals surface area contributed by atoms with Crippen molar-refractivity contribution in [1.29, 1.82) is 0 Å². The minimum atomic E-state index is -2.25. The average Bonchev–Trinajstić information content (AvgIpc) is 3.10. The predicted molar refractivity (Wildman–Crippen MR) is 286 cm³/mol. The van der Waals surface area contributed by atoms with Crippen molar-refractivity contribution in [3.05, 3.63) is 47.3 Å². The number of nitrogens with zero attached hydrogens (tertiary/aromatic N) is 1. The average molecular weight is 947 g/mol. The largest absolute Gasteiger partial charge is 0.417 e. The number of rotatable bonds is 24. The fourth-order valence-corrected chi connectivity index (χ4v) is 12.3. The summed E-state index contributed by atoms with van der Waals surface area (Å²) < 4.78 is 28.6. The molecule has 6 nitrogen and oxygen atoms in total. The summed E-state index contributed by atoms with van der Waals surface area (Å²) >= 11 is 0. The predicted octanol–water partition coefficient (Wildman–Crippen LogP) is 16.8. The van der Waals surface area contributed by atoms with Crippen molar-refractivity contribution in [3.8, 4) is 0 Å². The first kappa shape index (κ1) is 60.0. The van der Waals surface area contributed by atoms with Gasteiger partial charge >= 0.3 is 0 Å². The lowest BCUT2D eigenvalue weighted by molar-refractivity contribution is -0.142. The van der Waals surface area contributed by atoms with E-state index in [4.69, 9.17) is 17.7 Å². The summed E-state index contributed by atoms with van der Waals surface area (Å²) in [5.41, 5.74) is 2.82. The monoisotopic (exact) mass is 946 g/mol. The minimum Gasteiger partial charge on any atom is -0.417 e. The first-order chi connectivity index (χ1) is 28.1. The van der Waals surface area contributed by atoms with Crippen LogP contribution in [-0.2, 0) is 22.5 Å². The van der Waals surface area contributed by atoms with Gasteiger partial charge in [0.25, 0.3) is 0 Å². The lowest BCUT2D eigenvalue weighted by atomic mass is 9.71. The zero-order valence-corrected chi connectivity index (χ0v) is 50.3. The Kier molecular flexibility index (Phi) is 21.8. The van der Waals surface area contributed by atoms with E-state index in [1.54, 1.807) is 0 Å². The normalized spacial score (nSPS) is 17.4. The fraction of sp³-hybridized carbons (Fsp3) is 0.811. The molecule has 1 heterocycles. The molecule has 0 fully saturated rings. The van der Waals surface area contributed by atoms with Gasteiger partial charge in [0.15, 0.2) is 33.3 Å². The Labute approximate surface area is 395 Å². The molecule has 0 saturated carbocycles. The third kappa shape index (κ3) is 17.6. The summed E-state index contributed by atoms with van der Waals surface area (Å²) in [5, 5.41) is 0.248. The van der Waals surface area contributed by atoms with Crippen LogP contribution in [0.2, 0.25) is 72.5 Å². The number of allylic oxidation sites excluding steroid dienone is 1. The number of carbonyl (C=O) groups excluding carboxylic acids is 1. The molecule has 10 heteroatoms. The number of ketones is 1. The number of hydrogen-bond acceptors (Lipinski definition) is 6. The Morgan fingerprint density at radius 1 is 0.698 bits per heavy atom. The lowest BCUT2D eigenvalue weighted by Crippen LogP contribution is -2.55. The topological polar surface area (TPSA) is 66.9 Å². The molecule has 1 rings (SSSR count). The van der Waals surface area contributed by atoms with E-state index in [1.807, 2.05) is 18.3 Å². The van der Waals surface area contributed by atoms with Crippen LogP contribution in [0.5, 0.6) is 0 Å². The zero-order valence-electron chi connectivity index (χ0n) is 46.3. The van der Waals surface area contributed by atoms with Crippen LogP contribution < -0.4 is 0 Å². The van der Waals surface area contributed by atoms with Gasteiger partial charge < -0.3 is 17.7 Å². The first-order valence-electron chi connectivity index (χ1n) is 24.6. The highest BCUT2D eigenvalue weighted by atomic mass is 28.4. The molecule has 0 aliphatic carbocycles. The lowest BCUT2D eigenvalue weighted by Gasteiger charge is -2.47. The second-order valence-corrected chi connectivity index (χ2v) is 45.0. The summed E-state index contributed by atoms with van der Waals surface area (Å²) in [6.07, 6.45) is 11.3. The Balaban J connectivity index is 3.54. The van der Waals surface area contributed by atoms with Gasteiger partial charge in [-0.1, -0.05) is 128 Å². The van der Waals surface area contributed by atoms with Gasteiger partial charge in [0.05, 0.1) is 24.0 Å². The van der Waals surface area contributed by atoms with Crippen molar-refractivity contribution in [2.75, 3.05) is 6.61 Å². The SMILES string of the molecule is CC[C@@H](C(=O)C(C)(C)[C@H](CCO[Si](C)(C)C(C)(C)C)O[Si](C)(C)C(C)(C)C)[C@@H](O[Si](C)(C)C(C)(C)C)[C@@H](C)CCCC(C)=CC[C@H](O[Si](C)(C)C(C)(C)C)C(C)=Cc1ccccn1. The molecular formula is C53H103NO5Si4. The maximum Gasteiger partial charge on any atom is 0.192 e. The molecule has 0 bridgehead atoms. The molecule has 0 unspecified atom stereocenters. The number of aromatic nitrogens is 1. The highest BCUT2D eigenvalue weighted by molar-refractivity contribution is 6.75. The van der Waals surface area contributed by atoms with Crippen LogP contribution in [0.3, 0.4) is 0 Å². The molecule has 0 amide bonds. The van der Waals surface area contributed by atoms with E-state index >= 15 is 4.79 Å². The van der Waals surface area contributed by atoms with Crippen LogP contribution in [0.4, 0.5) is 0 Å². The van der Waals surface area contributed by atoms with Crippen molar-refractivity contribution in [3.63, 3.8) is 0 Å². The van der Waals surface area contributed by atoms with Crippen LogP contribution in [0.25, 0.3) is 6.08 Å². The second-order valence-electron chi connectivity index (χ2n) is 25.9. The van der Waals surface area contributed by atoms with E-state index in [0.29, 0.717) is 13.0 Å². The fourth-order valence-electron chi connectivity index (χ4n) is 6.98. The van der Waals surface area contributed by atoms with Gasteiger partial charge in [-0.25, -0.2) is 0 Å². The van der Waals surface area contributed by atoms with Gasteiger partial charge in [0, 0.05) is 24.1 Å². The molecule has 0 saturated heterocycles. The van der Waals surface area contributed by atoms with Crippen molar-refractivity contribution in [1.82, 2.24) is 4.98 Å². The highest BCUT2D eigenvalue weighted by Gasteiger charge is 2.50. The number of Topliss-reactive ketones (excluding diaryl/α,β-unsaturated/α-hetero) is 1. The van der Waals surface area contributed by atoms with Crippen LogP contribution in [0.1, 0.15) is 169 Å². The summed E-state index contributed by atoms with van der Waals surface area (Å²) in [6, 6.07) is 6.06. The molecule has 366 valence electrons. The quantitative estimate of drug-likeness (QED) is 0.0760. The van der Waals surface area contributed by atoms with E-state index < -0.39 is 38.7 Å². The van der Waals surface area contributed by atoms with Crippen molar-refractivity contribution in [2.45, 2.75) is 254 Å². The van der Waals surface area contributed by atoms with Gasteiger partial charge in [-0.3, -0.25) is 9.78 Å². The molecule has 5 atom stereocenters. The summed E-state index contributed by atoms with van der Waals surface area (Å²) in [4.78, 5) is 20.0. The van der Waals surface area contributed by atoms with Crippen LogP contribution in [0, 0.1) is 17.3 Å². The molecule has 0 aliphatic rings. The van der Waals surface area contributed by atoms with Gasteiger partial charge in [-0.05, 0) is 155 Å². The van der Waals surface area contributed by atoms with E-state index in [1.165, 1.54) is 11.1 Å². The summed E-state index contributed by atoms with van der Waals surface area (Å²) in [7, 11) is -8.50. The molecule has 1 aromatic heterocycles. The standard InChI is InChI=1S/C53H103NO5Si4/c1-27-44(48(55)53(17,18)46(58-62(23,24)51(11,12)13)36-38-56-60(19,20)49(5,6)7)47(59-63(25,26)52(14,15)16)41(3)32-30-31-40(2)34-35-45(57-61(21,22)50(8,9)10)42(4)39-43-33-28-29-37-54-43/h28-29,33-34,37,39,41,44-47H,27,30-32,35-36,38H2,1-26H3/t41-,44+,45-,46-,47-/m0/s1. The number of carbonyl (C=O) groups is 1. The number of pyridine rings is 1. The van der Waals surface area contributed by atoms with E-state index in [2.05, 4.69) is 200 Å². The molecule has 63 heavy (non-hydrogen) atoms. The maximum absolute atomic E-state index is 15.4. The molecule has 0 aromatic carbocycles.